The Kier molecular flexibility index (Phi) is 13.2. The van der Waals surface area contributed by atoms with Crippen LogP contribution >= 0.6 is 0 Å². The van der Waals surface area contributed by atoms with Gasteiger partial charge < -0.3 is 49.3 Å². The summed E-state index contributed by atoms with van der Waals surface area (Å²) < 4.78 is 69.3. The molecular weight excluding hydrogens is 845 g/mol. The zero-order chi connectivity index (χ0) is 45.2. The van der Waals surface area contributed by atoms with E-state index in [-0.39, 0.29) is 98.8 Å². The number of nitrogens with two attached hydrogens (primary N) is 1. The van der Waals surface area contributed by atoms with E-state index in [2.05, 4.69) is 18.5 Å². The number of imide groups is 1. The van der Waals surface area contributed by atoms with Gasteiger partial charge in [-0.25, -0.2) is 4.79 Å². The minimum absolute atomic E-state index is 0.0998. The number of nitrogens with one attached hydrogen (secondary N) is 1. The number of anilines is 2. The van der Waals surface area contributed by atoms with Crippen molar-refractivity contribution in [2.45, 2.75) is 55.8 Å². The Bertz CT molecular complexity index is 2340. The second-order valence-electron chi connectivity index (χ2n) is 15.6. The molecule has 0 radical (unpaired) electrons. The second-order valence-corrected chi connectivity index (χ2v) is 17.2. The Morgan fingerprint density at radius 2 is 1.49 bits per heavy atom. The van der Waals surface area contributed by atoms with Gasteiger partial charge in [-0.1, -0.05) is 24.3 Å². The molecule has 0 aromatic heterocycles. The SMILES string of the molecule is C=C1C[C@@H](C2OCCN2C(=O)OCCN2C(=O)C=CC2=O)N(C(=O)c2cc(OC)c(OCCCCCOc3cc4c(cc3OC)C(=O)N3CC(=C)C[C@H]3C(S(=O)(=O)O)N4)cc2N)C1. The number of nitrogens with zero attached hydrogens (tertiary/aromatic N) is 4. The molecule has 2 aromatic carbocycles. The van der Waals surface area contributed by atoms with Crippen molar-refractivity contribution in [3.05, 3.63) is 71.8 Å². The first-order chi connectivity index (χ1) is 30.1. The van der Waals surface area contributed by atoms with Crippen molar-refractivity contribution in [2.24, 2.45) is 0 Å². The molecule has 3 saturated heterocycles. The molecular formula is C42H50N6O14S. The highest BCUT2D eigenvalue weighted by molar-refractivity contribution is 7.86. The Morgan fingerprint density at radius 1 is 0.857 bits per heavy atom. The summed E-state index contributed by atoms with van der Waals surface area (Å²) in [5.41, 5.74) is 8.53. The molecule has 3 fully saturated rings. The predicted octanol–water partition coefficient (Wildman–Crippen LogP) is 2.81. The number of fused-ring (bicyclic) bond motifs is 2. The zero-order valence-electron chi connectivity index (χ0n) is 34.9. The van der Waals surface area contributed by atoms with Crippen LogP contribution in [0.25, 0.3) is 0 Å². The van der Waals surface area contributed by atoms with Gasteiger partial charge in [0, 0.05) is 43.1 Å². The van der Waals surface area contributed by atoms with E-state index in [1.54, 1.807) is 4.90 Å². The van der Waals surface area contributed by atoms with Gasteiger partial charge in [-0.2, -0.15) is 8.42 Å². The van der Waals surface area contributed by atoms with Gasteiger partial charge in [-0.3, -0.25) is 33.5 Å². The maximum atomic E-state index is 14.1. The van der Waals surface area contributed by atoms with Crippen molar-refractivity contribution in [1.29, 1.82) is 0 Å². The monoisotopic (exact) mass is 894 g/mol. The number of amides is 5. The Morgan fingerprint density at radius 3 is 2.16 bits per heavy atom. The van der Waals surface area contributed by atoms with Gasteiger partial charge in [0.25, 0.3) is 33.7 Å². The van der Waals surface area contributed by atoms with Crippen molar-refractivity contribution < 1.29 is 65.4 Å². The maximum Gasteiger partial charge on any atom is 0.412 e. The van der Waals surface area contributed by atoms with Crippen LogP contribution in [0.2, 0.25) is 0 Å². The fraction of sp³-hybridized carbons (Fsp3) is 0.452. The lowest BCUT2D eigenvalue weighted by Crippen LogP contribution is -2.51. The topological polar surface area (TPSA) is 246 Å². The third-order valence-corrected chi connectivity index (χ3v) is 12.5. The maximum absolute atomic E-state index is 14.1. The zero-order valence-corrected chi connectivity index (χ0v) is 35.7. The number of carbonyl (C=O) groups is 5. The molecule has 63 heavy (non-hydrogen) atoms. The number of unbranched alkanes of at least 4 members (excludes halogenated alkanes) is 2. The van der Waals surface area contributed by atoms with Crippen molar-refractivity contribution in [2.75, 3.05) is 77.9 Å². The first-order valence-electron chi connectivity index (χ1n) is 20.3. The normalized spacial score (nSPS) is 22.0. The number of carbonyl (C=O) groups excluding carboxylic acids is 5. The standard InChI is InChI=1S/C42H50N6O14S/c1-24-16-30-38(63(54,55)56)44-29-21-35(33(58-4)19-27(29)40(52)47(30)22-24)60-13-7-5-6-12-59-34-20-28(43)26(18-32(34)57-3)39(51)48-23-25(2)17-31(48)41-46(11-14-61-41)42(53)62-15-10-45-36(49)8-9-37(45)50/h8-9,18-21,30-31,38,41,44H,1-2,5-7,10-17,22-23,43H2,3-4H3,(H,54,55,56)/t30-,31-,38?,41?/m0/s1. The van der Waals surface area contributed by atoms with Gasteiger partial charge in [0.2, 0.25) is 0 Å². The molecule has 2 unspecified atom stereocenters. The summed E-state index contributed by atoms with van der Waals surface area (Å²) in [6.45, 7) is 8.98. The van der Waals surface area contributed by atoms with Gasteiger partial charge in [0.1, 0.15) is 6.61 Å². The third kappa shape index (κ3) is 9.40. The number of nitrogen functional groups attached to an aromatic ring is 1. The van der Waals surface area contributed by atoms with E-state index < -0.39 is 63.5 Å². The lowest BCUT2D eigenvalue weighted by Gasteiger charge is -2.33. The van der Waals surface area contributed by atoms with Gasteiger partial charge in [-0.05, 0) is 44.2 Å². The van der Waals surface area contributed by atoms with Gasteiger partial charge in [-0.15, -0.1) is 0 Å². The smallest absolute Gasteiger partial charge is 0.412 e. The first-order valence-corrected chi connectivity index (χ1v) is 21.8. The fourth-order valence-corrected chi connectivity index (χ4v) is 9.24. The van der Waals surface area contributed by atoms with Crippen LogP contribution in [0.3, 0.4) is 0 Å². The number of likely N-dealkylation sites (tertiary alicyclic amines) is 1. The average molecular weight is 895 g/mol. The molecule has 4 atom stereocenters. The summed E-state index contributed by atoms with van der Waals surface area (Å²) in [5.74, 6) is -0.645. The van der Waals surface area contributed by atoms with Crippen LogP contribution in [0, 0.1) is 0 Å². The highest BCUT2D eigenvalue weighted by Gasteiger charge is 2.47. The molecule has 4 N–H and O–H groups in total. The van der Waals surface area contributed by atoms with Gasteiger partial charge >= 0.3 is 6.09 Å². The summed E-state index contributed by atoms with van der Waals surface area (Å²) in [4.78, 5) is 69.7. The molecule has 2 aromatic rings. The second kappa shape index (κ2) is 18.6. The highest BCUT2D eigenvalue weighted by atomic mass is 32.2. The van der Waals surface area contributed by atoms with Gasteiger partial charge in [0.05, 0.1) is 76.0 Å². The molecule has 0 bridgehead atoms. The minimum Gasteiger partial charge on any atom is -0.493 e. The Labute approximate surface area is 363 Å². The van der Waals surface area contributed by atoms with E-state index in [9.17, 15) is 36.9 Å². The largest absolute Gasteiger partial charge is 0.493 e. The molecule has 7 rings (SSSR count). The van der Waals surface area contributed by atoms with Crippen LogP contribution in [0.4, 0.5) is 16.2 Å². The van der Waals surface area contributed by atoms with Crippen molar-refractivity contribution in [3.8, 4) is 23.0 Å². The van der Waals surface area contributed by atoms with Crippen LogP contribution < -0.4 is 30.0 Å². The number of ether oxygens (including phenoxy) is 6. The molecule has 21 heteroatoms. The van der Waals surface area contributed by atoms with Crippen molar-refractivity contribution >= 4 is 51.2 Å². The molecule has 20 nitrogen and oxygen atoms in total. The van der Waals surface area contributed by atoms with Crippen LogP contribution in [0.5, 0.6) is 23.0 Å². The third-order valence-electron chi connectivity index (χ3n) is 11.4. The molecule has 5 aliphatic rings. The van der Waals surface area contributed by atoms with Crippen LogP contribution in [-0.2, 0) is 29.2 Å². The molecule has 5 heterocycles. The number of rotatable bonds is 16. The fourth-order valence-electron chi connectivity index (χ4n) is 8.33. The number of methoxy groups -OCH3 is 2. The summed E-state index contributed by atoms with van der Waals surface area (Å²) >= 11 is 0. The van der Waals surface area contributed by atoms with E-state index in [0.29, 0.717) is 37.0 Å². The van der Waals surface area contributed by atoms with E-state index in [4.69, 9.17) is 34.2 Å². The van der Waals surface area contributed by atoms with Crippen LogP contribution in [0.15, 0.2) is 60.7 Å². The Balaban J connectivity index is 0.918. The predicted molar refractivity (Wildman–Crippen MR) is 225 cm³/mol. The number of benzene rings is 2. The highest BCUT2D eigenvalue weighted by Crippen LogP contribution is 2.41. The lowest BCUT2D eigenvalue weighted by molar-refractivity contribution is -0.137. The number of hydrogen-bond donors (Lipinski definition) is 3. The van der Waals surface area contributed by atoms with Crippen molar-refractivity contribution in [3.63, 3.8) is 0 Å². The van der Waals surface area contributed by atoms with Crippen LogP contribution in [0.1, 0.15) is 52.8 Å². The van der Waals surface area contributed by atoms with E-state index >= 15 is 0 Å². The number of hydrogen-bond acceptors (Lipinski definition) is 15. The minimum atomic E-state index is -4.60. The Hall–Kier alpha value is -6.32. The van der Waals surface area contributed by atoms with Crippen molar-refractivity contribution in [1.82, 2.24) is 19.6 Å². The summed E-state index contributed by atoms with van der Waals surface area (Å²) in [7, 11) is -1.73. The molecule has 0 spiro atoms. The summed E-state index contributed by atoms with van der Waals surface area (Å²) in [6, 6.07) is 4.57. The average Bonchev–Trinajstić information content (AvgIpc) is 4.04. The molecule has 338 valence electrons. The summed E-state index contributed by atoms with van der Waals surface area (Å²) in [5, 5.41) is 1.38. The molecule has 0 aliphatic carbocycles. The van der Waals surface area contributed by atoms with E-state index in [1.165, 1.54) is 48.3 Å². The molecule has 5 amide bonds. The quantitative estimate of drug-likeness (QED) is 0.0721. The van der Waals surface area contributed by atoms with E-state index in [0.717, 1.165) is 22.6 Å². The molecule has 5 aliphatic heterocycles. The van der Waals surface area contributed by atoms with Gasteiger partial charge in [0.15, 0.2) is 34.6 Å². The van der Waals surface area contributed by atoms with Crippen LogP contribution in [-0.4, -0.2) is 153 Å². The summed E-state index contributed by atoms with van der Waals surface area (Å²) in [6.07, 6.45) is 3.19. The van der Waals surface area contributed by atoms with E-state index in [1.807, 2.05) is 0 Å². The lowest BCUT2D eigenvalue weighted by atomic mass is 10.1. The first kappa shape index (κ1) is 44.7. The molecule has 0 saturated carbocycles.